The van der Waals surface area contributed by atoms with E-state index in [0.717, 1.165) is 0 Å². The molecule has 0 heterocycles. The van der Waals surface area contributed by atoms with Crippen LogP contribution in [0.2, 0.25) is 0 Å². The highest BCUT2D eigenvalue weighted by Crippen LogP contribution is 1.99. The molecule has 0 aliphatic rings. The molecule has 1 unspecified atom stereocenters. The van der Waals surface area contributed by atoms with E-state index in [1.807, 2.05) is 0 Å². The molecule has 8 nitrogen and oxygen atoms in total. The van der Waals surface area contributed by atoms with Gasteiger partial charge in [0.1, 0.15) is 6.61 Å². The molecule has 1 atom stereocenters. The summed E-state index contributed by atoms with van der Waals surface area (Å²) in [4.78, 5) is 31.7. The number of carbonyl (C=O) groups is 3. The average molecular weight is 249 g/mol. The molecule has 98 valence electrons. The van der Waals surface area contributed by atoms with Crippen LogP contribution in [0.1, 0.15) is 6.42 Å². The number of ether oxygens (including phenoxy) is 2. The lowest BCUT2D eigenvalue weighted by molar-refractivity contribution is -0.159. The first-order chi connectivity index (χ1) is 7.97. The largest absolute Gasteiger partial charge is 0.481 e. The molecule has 0 saturated heterocycles. The van der Waals surface area contributed by atoms with Crippen molar-refractivity contribution < 1.29 is 34.1 Å². The van der Waals surface area contributed by atoms with Gasteiger partial charge in [0.05, 0.1) is 19.6 Å². The fourth-order valence-electron chi connectivity index (χ4n) is 0.917. The summed E-state index contributed by atoms with van der Waals surface area (Å²) in [5, 5.41) is 19.6. The second-order valence-corrected chi connectivity index (χ2v) is 3.05. The van der Waals surface area contributed by atoms with Crippen LogP contribution in [0.15, 0.2) is 0 Å². The van der Waals surface area contributed by atoms with Crippen molar-refractivity contribution in [2.75, 3.05) is 26.8 Å². The number of hydrogen-bond donors (Lipinski definition) is 3. The van der Waals surface area contributed by atoms with Crippen LogP contribution in [0.25, 0.3) is 0 Å². The lowest BCUT2D eigenvalue weighted by Crippen LogP contribution is -2.29. The summed E-state index contributed by atoms with van der Waals surface area (Å²) >= 11 is 0. The van der Waals surface area contributed by atoms with Gasteiger partial charge in [-0.15, -0.1) is 0 Å². The summed E-state index contributed by atoms with van der Waals surface area (Å²) in [5.41, 5.74) is 0. The summed E-state index contributed by atoms with van der Waals surface area (Å²) in [6.45, 7) is -0.249. The molecule has 0 rings (SSSR count). The van der Waals surface area contributed by atoms with E-state index in [-0.39, 0.29) is 19.8 Å². The predicted molar refractivity (Wildman–Crippen MR) is 54.5 cm³/mol. The summed E-state index contributed by atoms with van der Waals surface area (Å²) in [7, 11) is 1.57. The Hall–Kier alpha value is -1.67. The summed E-state index contributed by atoms with van der Waals surface area (Å²) in [6, 6.07) is 0. The molecule has 0 radical (unpaired) electrons. The van der Waals surface area contributed by atoms with E-state index in [0.29, 0.717) is 0 Å². The van der Waals surface area contributed by atoms with Crippen molar-refractivity contribution in [3.8, 4) is 0 Å². The van der Waals surface area contributed by atoms with Crippen molar-refractivity contribution in [2.24, 2.45) is 0 Å². The maximum atomic E-state index is 10.8. The molecular weight excluding hydrogens is 234 g/mol. The zero-order chi connectivity index (χ0) is 13.3. The number of rotatable bonds is 9. The Bertz CT molecular complexity index is 279. The lowest BCUT2D eigenvalue weighted by atomic mass is 10.2. The van der Waals surface area contributed by atoms with Crippen LogP contribution < -0.4 is 5.32 Å². The predicted octanol–water partition coefficient (Wildman–Crippen LogP) is -1.31. The van der Waals surface area contributed by atoms with Crippen LogP contribution in [0.3, 0.4) is 0 Å². The number of likely N-dealkylation sites (N-methyl/N-ethyl adjacent to an activating group) is 1. The van der Waals surface area contributed by atoms with E-state index in [1.165, 1.54) is 0 Å². The molecule has 0 aromatic rings. The van der Waals surface area contributed by atoms with Crippen LogP contribution in [0.4, 0.5) is 0 Å². The van der Waals surface area contributed by atoms with Crippen LogP contribution in [0.5, 0.6) is 0 Å². The smallest absolute Gasteiger partial charge is 0.333 e. The Labute approximate surface area is 97.5 Å². The average Bonchev–Trinajstić information content (AvgIpc) is 2.22. The molecule has 0 aliphatic carbocycles. The van der Waals surface area contributed by atoms with Gasteiger partial charge in [0.2, 0.25) is 0 Å². The highest BCUT2D eigenvalue weighted by atomic mass is 16.6. The van der Waals surface area contributed by atoms with E-state index in [2.05, 4.69) is 10.1 Å². The third-order valence-corrected chi connectivity index (χ3v) is 1.62. The van der Waals surface area contributed by atoms with Gasteiger partial charge in [0.15, 0.2) is 6.10 Å². The molecule has 0 aromatic carbocycles. The number of hydrogen-bond acceptors (Lipinski definition) is 6. The summed E-state index contributed by atoms with van der Waals surface area (Å²) in [5.74, 6) is -3.14. The van der Waals surface area contributed by atoms with Crippen molar-refractivity contribution in [3.05, 3.63) is 0 Å². The third kappa shape index (κ3) is 8.17. The second kappa shape index (κ2) is 8.48. The van der Waals surface area contributed by atoms with Crippen molar-refractivity contribution in [1.29, 1.82) is 0 Å². The number of nitrogens with one attached hydrogen (secondary N) is 1. The van der Waals surface area contributed by atoms with Crippen molar-refractivity contribution in [2.45, 2.75) is 12.5 Å². The highest BCUT2D eigenvalue weighted by molar-refractivity contribution is 5.79. The quantitative estimate of drug-likeness (QED) is 0.340. The molecule has 0 bridgehead atoms. The maximum absolute atomic E-state index is 10.8. The molecule has 3 N–H and O–H groups in total. The van der Waals surface area contributed by atoms with Crippen LogP contribution in [0, 0.1) is 0 Å². The van der Waals surface area contributed by atoms with Gasteiger partial charge < -0.3 is 25.0 Å². The SMILES string of the molecule is CNCC(=O)OCCOC(CC(=O)O)C(=O)O. The minimum Gasteiger partial charge on any atom is -0.481 e. The number of aliphatic carboxylic acids is 2. The molecule has 0 saturated carbocycles. The van der Waals surface area contributed by atoms with Crippen molar-refractivity contribution in [1.82, 2.24) is 5.32 Å². The summed E-state index contributed by atoms with van der Waals surface area (Å²) < 4.78 is 9.42. The summed E-state index contributed by atoms with van der Waals surface area (Å²) in [6.07, 6.45) is -2.07. The minimum atomic E-state index is -1.43. The van der Waals surface area contributed by atoms with Gasteiger partial charge in [0.25, 0.3) is 0 Å². The Morgan fingerprint density at radius 3 is 2.35 bits per heavy atom. The van der Waals surface area contributed by atoms with E-state index in [9.17, 15) is 14.4 Å². The van der Waals surface area contributed by atoms with Gasteiger partial charge >= 0.3 is 17.9 Å². The first-order valence-corrected chi connectivity index (χ1v) is 4.83. The zero-order valence-electron chi connectivity index (χ0n) is 9.34. The number of carboxylic acids is 2. The molecular formula is C9H15NO7. The Balaban J connectivity index is 3.79. The minimum absolute atomic E-state index is 0.0392. The van der Waals surface area contributed by atoms with Crippen LogP contribution in [-0.2, 0) is 23.9 Å². The third-order valence-electron chi connectivity index (χ3n) is 1.62. The first kappa shape index (κ1) is 15.3. The van der Waals surface area contributed by atoms with E-state index in [1.54, 1.807) is 7.05 Å². The van der Waals surface area contributed by atoms with Crippen molar-refractivity contribution in [3.63, 3.8) is 0 Å². The molecule has 0 amide bonds. The molecule has 17 heavy (non-hydrogen) atoms. The maximum Gasteiger partial charge on any atom is 0.333 e. The van der Waals surface area contributed by atoms with E-state index >= 15 is 0 Å². The zero-order valence-corrected chi connectivity index (χ0v) is 9.34. The van der Waals surface area contributed by atoms with Gasteiger partial charge in [-0.3, -0.25) is 9.59 Å². The number of carboxylic acid groups (broad SMARTS) is 2. The molecule has 0 aliphatic heterocycles. The fourth-order valence-corrected chi connectivity index (χ4v) is 0.917. The first-order valence-electron chi connectivity index (χ1n) is 4.83. The molecule has 0 spiro atoms. The van der Waals surface area contributed by atoms with Gasteiger partial charge in [-0.1, -0.05) is 0 Å². The Morgan fingerprint density at radius 1 is 1.24 bits per heavy atom. The standard InChI is InChI=1S/C9H15NO7/c1-10-5-8(13)17-3-2-16-6(9(14)15)4-7(11)12/h6,10H,2-5H2,1H3,(H,11,12)(H,14,15). The number of carbonyl (C=O) groups excluding carboxylic acids is 1. The highest BCUT2D eigenvalue weighted by Gasteiger charge is 2.21. The van der Waals surface area contributed by atoms with Gasteiger partial charge in [0, 0.05) is 0 Å². The second-order valence-electron chi connectivity index (χ2n) is 3.05. The fraction of sp³-hybridized carbons (Fsp3) is 0.667. The van der Waals surface area contributed by atoms with Gasteiger partial charge in [-0.05, 0) is 7.05 Å². The van der Waals surface area contributed by atoms with E-state index in [4.69, 9.17) is 14.9 Å². The van der Waals surface area contributed by atoms with Crippen molar-refractivity contribution >= 4 is 17.9 Å². The normalized spacial score (nSPS) is 11.8. The Morgan fingerprint density at radius 2 is 1.88 bits per heavy atom. The van der Waals surface area contributed by atoms with Gasteiger partial charge in [-0.2, -0.15) is 0 Å². The monoisotopic (exact) mass is 249 g/mol. The number of esters is 1. The molecule has 8 heteroatoms. The lowest BCUT2D eigenvalue weighted by Gasteiger charge is -2.11. The molecule has 0 fully saturated rings. The van der Waals surface area contributed by atoms with Crippen LogP contribution in [-0.4, -0.2) is 61.0 Å². The van der Waals surface area contributed by atoms with Gasteiger partial charge in [-0.25, -0.2) is 4.79 Å². The topological polar surface area (TPSA) is 122 Å². The Kier molecular flexibility index (Phi) is 7.65. The van der Waals surface area contributed by atoms with E-state index < -0.39 is 30.4 Å². The molecule has 0 aromatic heterocycles. The van der Waals surface area contributed by atoms with Crippen LogP contribution >= 0.6 is 0 Å².